The number of hydrogen-bond acceptors (Lipinski definition) is 3. The molecule has 0 fully saturated rings. The van der Waals surface area contributed by atoms with Crippen molar-refractivity contribution in [1.82, 2.24) is 5.32 Å². The fourth-order valence-electron chi connectivity index (χ4n) is 4.16. The fourth-order valence-corrected chi connectivity index (χ4v) is 5.70. The molecule has 0 radical (unpaired) electrons. The van der Waals surface area contributed by atoms with Gasteiger partial charge in [0.2, 0.25) is 5.91 Å². The van der Waals surface area contributed by atoms with Crippen molar-refractivity contribution in [3.05, 3.63) is 130 Å². The molecule has 0 spiro atoms. The monoisotopic (exact) mass is 532 g/mol. The van der Waals surface area contributed by atoms with E-state index >= 15 is 0 Å². The van der Waals surface area contributed by atoms with Crippen molar-refractivity contribution < 1.29 is 13.2 Å². The van der Waals surface area contributed by atoms with Crippen LogP contribution in [-0.4, -0.2) is 20.9 Å². The smallest absolute Gasteiger partial charge is 0.264 e. The lowest BCUT2D eigenvalue weighted by Crippen LogP contribution is -2.42. The van der Waals surface area contributed by atoms with Crippen molar-refractivity contribution in [2.75, 3.05) is 10.8 Å². The van der Waals surface area contributed by atoms with E-state index in [1.54, 1.807) is 12.1 Å². The van der Waals surface area contributed by atoms with E-state index in [0.717, 1.165) is 32.1 Å². The van der Waals surface area contributed by atoms with Gasteiger partial charge in [-0.3, -0.25) is 9.10 Å². The lowest BCUT2D eigenvalue weighted by Gasteiger charge is -2.27. The molecule has 0 saturated heterocycles. The Balaban J connectivity index is 1.72. The summed E-state index contributed by atoms with van der Waals surface area (Å²) in [7, 11) is -4.05. The molecule has 0 saturated carbocycles. The summed E-state index contributed by atoms with van der Waals surface area (Å²) in [5.74, 6) is -0.423. The van der Waals surface area contributed by atoms with Gasteiger partial charge in [-0.05, 0) is 85.0 Å². The van der Waals surface area contributed by atoms with E-state index in [2.05, 4.69) is 5.32 Å². The van der Waals surface area contributed by atoms with Crippen molar-refractivity contribution in [1.29, 1.82) is 0 Å². The van der Waals surface area contributed by atoms with Crippen molar-refractivity contribution in [3.8, 4) is 0 Å². The molecule has 1 unspecified atom stereocenters. The van der Waals surface area contributed by atoms with E-state index < -0.39 is 22.0 Å². The number of benzene rings is 4. The number of carbonyl (C=O) groups excluding carboxylic acids is 1. The number of nitrogens with zero attached hydrogens (tertiary/aromatic N) is 1. The summed E-state index contributed by atoms with van der Waals surface area (Å²) in [4.78, 5) is 13.6. The van der Waals surface area contributed by atoms with Gasteiger partial charge in [0.15, 0.2) is 0 Å². The third-order valence-electron chi connectivity index (χ3n) is 6.41. The molecule has 0 heterocycles. The Hall–Kier alpha value is -3.61. The first-order chi connectivity index (χ1) is 17.7. The number of aryl methyl sites for hydroxylation is 3. The number of halogens is 1. The highest BCUT2D eigenvalue weighted by atomic mass is 35.5. The standard InChI is InChI=1S/C30H29ClN2O3S/c1-21-13-16-26(19-23(21)3)33(37(35,36)27-17-14-25(31)15-18-27)20-29(34)32-30(24-10-5-4-6-11-24)28-12-8-7-9-22(28)2/h4-19,30H,20H2,1-3H3,(H,32,34). The zero-order valence-corrected chi connectivity index (χ0v) is 22.6. The topological polar surface area (TPSA) is 66.5 Å². The SMILES string of the molecule is Cc1ccc(N(CC(=O)NC(c2ccccc2)c2ccccc2C)S(=O)(=O)c2ccc(Cl)cc2)cc1C. The van der Waals surface area contributed by atoms with E-state index in [4.69, 9.17) is 11.6 Å². The lowest BCUT2D eigenvalue weighted by molar-refractivity contribution is -0.120. The molecule has 1 atom stereocenters. The highest BCUT2D eigenvalue weighted by Crippen LogP contribution is 2.28. The number of nitrogens with one attached hydrogen (secondary N) is 1. The van der Waals surface area contributed by atoms with Crippen molar-refractivity contribution in [2.45, 2.75) is 31.7 Å². The molecule has 4 aromatic rings. The second kappa shape index (κ2) is 11.2. The number of carbonyl (C=O) groups is 1. The maximum Gasteiger partial charge on any atom is 0.264 e. The Morgan fingerprint density at radius 1 is 0.811 bits per heavy atom. The minimum absolute atomic E-state index is 0.0569. The van der Waals surface area contributed by atoms with Crippen LogP contribution in [0.5, 0.6) is 0 Å². The molecule has 1 amide bonds. The van der Waals surface area contributed by atoms with Crippen LogP contribution in [0.3, 0.4) is 0 Å². The van der Waals surface area contributed by atoms with Crippen molar-refractivity contribution in [3.63, 3.8) is 0 Å². The predicted molar refractivity (Wildman–Crippen MR) is 150 cm³/mol. The van der Waals surface area contributed by atoms with E-state index in [0.29, 0.717) is 10.7 Å². The highest BCUT2D eigenvalue weighted by Gasteiger charge is 2.29. The molecule has 5 nitrogen and oxygen atoms in total. The number of sulfonamides is 1. The minimum atomic E-state index is -4.05. The first-order valence-electron chi connectivity index (χ1n) is 11.9. The molecule has 0 aliphatic heterocycles. The average molecular weight is 533 g/mol. The van der Waals surface area contributed by atoms with Gasteiger partial charge in [-0.2, -0.15) is 0 Å². The van der Waals surface area contributed by atoms with Crippen molar-refractivity contribution in [2.24, 2.45) is 0 Å². The maximum absolute atomic E-state index is 13.8. The van der Waals surface area contributed by atoms with Crippen LogP contribution in [0.4, 0.5) is 5.69 Å². The van der Waals surface area contributed by atoms with Crippen LogP contribution in [0.1, 0.15) is 33.9 Å². The summed E-state index contributed by atoms with van der Waals surface area (Å²) in [6.07, 6.45) is 0. The normalized spacial score (nSPS) is 12.1. The zero-order valence-electron chi connectivity index (χ0n) is 21.0. The van der Waals surface area contributed by atoms with Gasteiger partial charge in [0.25, 0.3) is 10.0 Å². The molecule has 0 bridgehead atoms. The van der Waals surface area contributed by atoms with Crippen LogP contribution >= 0.6 is 11.6 Å². The van der Waals surface area contributed by atoms with Crippen LogP contribution in [0, 0.1) is 20.8 Å². The molecule has 1 N–H and O–H groups in total. The predicted octanol–water partition coefficient (Wildman–Crippen LogP) is 6.37. The third-order valence-corrected chi connectivity index (χ3v) is 8.45. The van der Waals surface area contributed by atoms with Gasteiger partial charge in [0.05, 0.1) is 16.6 Å². The maximum atomic E-state index is 13.8. The number of amides is 1. The number of rotatable bonds is 8. The highest BCUT2D eigenvalue weighted by molar-refractivity contribution is 7.92. The molecular formula is C30H29ClN2O3S. The summed E-state index contributed by atoms with van der Waals surface area (Å²) < 4.78 is 28.7. The fraction of sp³-hybridized carbons (Fsp3) is 0.167. The Morgan fingerprint density at radius 2 is 1.46 bits per heavy atom. The summed E-state index contributed by atoms with van der Waals surface area (Å²) in [5, 5.41) is 3.51. The number of anilines is 1. The van der Waals surface area contributed by atoms with Gasteiger partial charge in [0.1, 0.15) is 6.54 Å². The number of hydrogen-bond donors (Lipinski definition) is 1. The Morgan fingerprint density at radius 3 is 2.11 bits per heavy atom. The van der Waals surface area contributed by atoms with Crippen LogP contribution in [0.25, 0.3) is 0 Å². The molecule has 0 aliphatic carbocycles. The van der Waals surface area contributed by atoms with E-state index in [1.165, 1.54) is 24.3 Å². The molecule has 0 aromatic heterocycles. The molecule has 0 aliphatic rings. The quantitative estimate of drug-likeness (QED) is 0.287. The summed E-state index contributed by atoms with van der Waals surface area (Å²) >= 11 is 5.99. The molecule has 37 heavy (non-hydrogen) atoms. The summed E-state index contributed by atoms with van der Waals surface area (Å²) in [6, 6.07) is 28.3. The molecular weight excluding hydrogens is 504 g/mol. The van der Waals surface area contributed by atoms with E-state index in [1.807, 2.05) is 81.4 Å². The summed E-state index contributed by atoms with van der Waals surface area (Å²) in [6.45, 7) is 5.47. The van der Waals surface area contributed by atoms with Gasteiger partial charge < -0.3 is 5.32 Å². The van der Waals surface area contributed by atoms with E-state index in [9.17, 15) is 13.2 Å². The molecule has 4 rings (SSSR count). The zero-order chi connectivity index (χ0) is 26.6. The Kier molecular flexibility index (Phi) is 8.00. The van der Waals surface area contributed by atoms with Gasteiger partial charge in [-0.25, -0.2) is 8.42 Å². The third kappa shape index (κ3) is 6.04. The van der Waals surface area contributed by atoms with Crippen LogP contribution in [-0.2, 0) is 14.8 Å². The minimum Gasteiger partial charge on any atom is -0.344 e. The average Bonchev–Trinajstić information content (AvgIpc) is 2.89. The van der Waals surface area contributed by atoms with Gasteiger partial charge in [0, 0.05) is 5.02 Å². The van der Waals surface area contributed by atoms with Crippen molar-refractivity contribution >= 4 is 33.2 Å². The largest absolute Gasteiger partial charge is 0.344 e. The van der Waals surface area contributed by atoms with Gasteiger partial charge in [-0.15, -0.1) is 0 Å². The van der Waals surface area contributed by atoms with Crippen LogP contribution < -0.4 is 9.62 Å². The Labute approximate surface area is 223 Å². The second-order valence-electron chi connectivity index (χ2n) is 9.00. The molecule has 7 heteroatoms. The van der Waals surface area contributed by atoms with Crippen LogP contribution in [0.15, 0.2) is 102 Å². The first-order valence-corrected chi connectivity index (χ1v) is 13.7. The second-order valence-corrected chi connectivity index (χ2v) is 11.3. The molecule has 190 valence electrons. The van der Waals surface area contributed by atoms with Crippen LogP contribution in [0.2, 0.25) is 5.02 Å². The lowest BCUT2D eigenvalue weighted by atomic mass is 9.95. The van der Waals surface area contributed by atoms with Gasteiger partial charge in [-0.1, -0.05) is 72.3 Å². The first kappa shape index (κ1) is 26.5. The Bertz CT molecular complexity index is 1500. The molecule has 4 aromatic carbocycles. The summed E-state index contributed by atoms with van der Waals surface area (Å²) in [5.41, 5.74) is 5.25. The van der Waals surface area contributed by atoms with E-state index in [-0.39, 0.29) is 11.4 Å². The van der Waals surface area contributed by atoms with Gasteiger partial charge >= 0.3 is 0 Å².